The van der Waals surface area contributed by atoms with E-state index in [-0.39, 0.29) is 22.8 Å². The van der Waals surface area contributed by atoms with Crippen LogP contribution in [0.2, 0.25) is 0 Å². The Bertz CT molecular complexity index is 1420. The highest BCUT2D eigenvalue weighted by molar-refractivity contribution is 7.89. The normalized spacial score (nSPS) is 17.2. The van der Waals surface area contributed by atoms with E-state index in [4.69, 9.17) is 4.74 Å². The van der Waals surface area contributed by atoms with E-state index in [1.807, 2.05) is 18.2 Å². The minimum Gasteiger partial charge on any atom is -0.489 e. The molecule has 0 aromatic heterocycles. The predicted octanol–water partition coefficient (Wildman–Crippen LogP) is 5.55. The van der Waals surface area contributed by atoms with Crippen molar-refractivity contribution in [3.8, 4) is 5.75 Å². The number of halogens is 3. The summed E-state index contributed by atoms with van der Waals surface area (Å²) in [6.45, 7) is 3.22. The average molecular weight is 557 g/mol. The monoisotopic (exact) mass is 556 g/mol. The van der Waals surface area contributed by atoms with Gasteiger partial charge in [0, 0.05) is 31.7 Å². The maximum atomic E-state index is 13.5. The highest BCUT2D eigenvalue weighted by Gasteiger charge is 2.37. The Kier molecular flexibility index (Phi) is 8.11. The number of benzene rings is 3. The van der Waals surface area contributed by atoms with Crippen LogP contribution in [0.4, 0.5) is 13.2 Å². The van der Waals surface area contributed by atoms with Gasteiger partial charge in [0.05, 0.1) is 10.5 Å². The Morgan fingerprint density at radius 3 is 2.31 bits per heavy atom. The molecule has 3 aromatic rings. The number of nitrogens with zero attached hydrogens (tertiary/aromatic N) is 2. The zero-order valence-electron chi connectivity index (χ0n) is 21.5. The third-order valence-corrected chi connectivity index (χ3v) is 9.16. The van der Waals surface area contributed by atoms with Gasteiger partial charge in [-0.1, -0.05) is 48.5 Å². The molecule has 0 bridgehead atoms. The first-order chi connectivity index (χ1) is 18.7. The molecule has 2 aliphatic heterocycles. The fourth-order valence-corrected chi connectivity index (χ4v) is 6.59. The summed E-state index contributed by atoms with van der Waals surface area (Å²) in [5, 5.41) is 0. The molecule has 0 unspecified atom stereocenters. The van der Waals surface area contributed by atoms with Gasteiger partial charge < -0.3 is 9.64 Å². The Balaban J connectivity index is 1.22. The van der Waals surface area contributed by atoms with Gasteiger partial charge in [-0.05, 0) is 72.8 Å². The van der Waals surface area contributed by atoms with Crippen molar-refractivity contribution in [1.82, 2.24) is 9.21 Å². The molecule has 5 rings (SSSR count). The van der Waals surface area contributed by atoms with E-state index in [9.17, 15) is 21.6 Å². The molecule has 0 N–H and O–H groups in total. The molecule has 2 aliphatic rings. The summed E-state index contributed by atoms with van der Waals surface area (Å²) in [6.07, 6.45) is -1.34. The highest BCUT2D eigenvalue weighted by Crippen LogP contribution is 2.41. The number of alkyl halides is 3. The first kappa shape index (κ1) is 27.4. The van der Waals surface area contributed by atoms with Crippen LogP contribution in [-0.2, 0) is 22.9 Å². The van der Waals surface area contributed by atoms with E-state index >= 15 is 0 Å². The van der Waals surface area contributed by atoms with E-state index in [0.717, 1.165) is 37.6 Å². The maximum Gasteiger partial charge on any atom is 0.416 e. The lowest BCUT2D eigenvalue weighted by molar-refractivity contribution is -0.0697. The first-order valence-corrected chi connectivity index (χ1v) is 14.5. The van der Waals surface area contributed by atoms with Crippen LogP contribution in [0.15, 0.2) is 83.8 Å². The van der Waals surface area contributed by atoms with Crippen LogP contribution in [0, 0.1) is 0 Å². The molecule has 0 amide bonds. The molecular weight excluding hydrogens is 525 g/mol. The summed E-state index contributed by atoms with van der Waals surface area (Å²) < 4.78 is 74.0. The second-order valence-electron chi connectivity index (χ2n) is 9.91. The fourth-order valence-electron chi connectivity index (χ4n) is 5.12. The molecule has 39 heavy (non-hydrogen) atoms. The van der Waals surface area contributed by atoms with Crippen molar-refractivity contribution >= 4 is 15.6 Å². The van der Waals surface area contributed by atoms with Crippen molar-refractivity contribution < 1.29 is 26.3 Å². The summed E-state index contributed by atoms with van der Waals surface area (Å²) in [5.74, 6) is 0.214. The third kappa shape index (κ3) is 6.54. The first-order valence-electron chi connectivity index (χ1n) is 13.1. The van der Waals surface area contributed by atoms with Crippen LogP contribution in [0.3, 0.4) is 0 Å². The fraction of sp³-hybridized carbons (Fsp3) is 0.333. The summed E-state index contributed by atoms with van der Waals surface area (Å²) in [6, 6.07) is 21.7. The topological polar surface area (TPSA) is 49.9 Å². The van der Waals surface area contributed by atoms with Gasteiger partial charge in [0.25, 0.3) is 0 Å². The minimum absolute atomic E-state index is 0.0319. The lowest BCUT2D eigenvalue weighted by atomic mass is 9.96. The largest absolute Gasteiger partial charge is 0.489 e. The van der Waals surface area contributed by atoms with Crippen LogP contribution >= 0.6 is 0 Å². The van der Waals surface area contributed by atoms with E-state index in [1.165, 1.54) is 11.6 Å². The van der Waals surface area contributed by atoms with Gasteiger partial charge in [0.2, 0.25) is 10.0 Å². The van der Waals surface area contributed by atoms with Gasteiger partial charge in [-0.2, -0.15) is 17.5 Å². The summed E-state index contributed by atoms with van der Waals surface area (Å²) >= 11 is 0. The maximum absolute atomic E-state index is 13.5. The number of hydrogen-bond acceptors (Lipinski definition) is 4. The standard InChI is InChI=1S/C30H31F3N2O3S/c31-30(32,33)28-14-20-38-29-12-9-25(22-27(28)29)21-24-7-10-26(11-8-24)39(36,37)35-16-4-15-34(18-19-35)17-13-23-5-2-1-3-6-23/h1-3,5-12,14,22H,4,13,15-21H2. The lowest BCUT2D eigenvalue weighted by Gasteiger charge is -2.22. The highest BCUT2D eigenvalue weighted by atomic mass is 32.2. The number of rotatable bonds is 7. The molecule has 3 aromatic carbocycles. The Morgan fingerprint density at radius 2 is 1.56 bits per heavy atom. The van der Waals surface area contributed by atoms with Gasteiger partial charge in [-0.15, -0.1) is 0 Å². The summed E-state index contributed by atoms with van der Waals surface area (Å²) in [7, 11) is -3.64. The van der Waals surface area contributed by atoms with E-state index in [2.05, 4.69) is 17.0 Å². The molecule has 5 nitrogen and oxygen atoms in total. The van der Waals surface area contributed by atoms with Gasteiger partial charge in [-0.25, -0.2) is 8.42 Å². The molecule has 1 fully saturated rings. The third-order valence-electron chi connectivity index (χ3n) is 7.24. The average Bonchev–Trinajstić information content (AvgIpc) is 3.18. The molecule has 9 heteroatoms. The number of sulfonamides is 1. The van der Waals surface area contributed by atoms with Crippen molar-refractivity contribution in [2.75, 3.05) is 39.3 Å². The van der Waals surface area contributed by atoms with Crippen molar-refractivity contribution in [2.45, 2.75) is 30.3 Å². The number of allylic oxidation sites excluding steroid dienone is 1. The van der Waals surface area contributed by atoms with Crippen molar-refractivity contribution in [3.05, 3.63) is 101 Å². The molecule has 0 radical (unpaired) electrons. The molecular formula is C30H31F3N2O3S. The van der Waals surface area contributed by atoms with Crippen LogP contribution < -0.4 is 4.74 Å². The molecule has 206 valence electrons. The molecule has 0 atom stereocenters. The number of fused-ring (bicyclic) bond motifs is 1. The second-order valence-corrected chi connectivity index (χ2v) is 11.9. The quantitative estimate of drug-likeness (QED) is 0.383. The number of hydrogen-bond donors (Lipinski definition) is 0. The van der Waals surface area contributed by atoms with Crippen molar-refractivity contribution in [3.63, 3.8) is 0 Å². The molecule has 0 spiro atoms. The summed E-state index contributed by atoms with van der Waals surface area (Å²) in [5.41, 5.74) is 2.11. The molecule has 0 saturated carbocycles. The van der Waals surface area contributed by atoms with Crippen LogP contribution in [-0.4, -0.2) is 63.1 Å². The zero-order chi connectivity index (χ0) is 27.5. The smallest absolute Gasteiger partial charge is 0.416 e. The Morgan fingerprint density at radius 1 is 0.821 bits per heavy atom. The van der Waals surface area contributed by atoms with E-state index < -0.39 is 21.8 Å². The van der Waals surface area contributed by atoms with E-state index in [1.54, 1.807) is 40.7 Å². The Hall–Kier alpha value is -3.14. The van der Waals surface area contributed by atoms with Gasteiger partial charge in [-0.3, -0.25) is 0 Å². The number of ether oxygens (including phenoxy) is 1. The second kappa shape index (κ2) is 11.5. The summed E-state index contributed by atoms with van der Waals surface area (Å²) in [4.78, 5) is 2.54. The van der Waals surface area contributed by atoms with Gasteiger partial charge >= 0.3 is 6.18 Å². The minimum atomic E-state index is -4.46. The Labute approximate surface area is 227 Å². The SMILES string of the molecule is O=S(=O)(c1ccc(Cc2ccc3c(c2)C(C(F)(F)F)=CCO3)cc1)N1CCCN(CCc2ccccc2)CC1. The van der Waals surface area contributed by atoms with Crippen molar-refractivity contribution in [2.24, 2.45) is 0 Å². The van der Waals surface area contributed by atoms with Gasteiger partial charge in [0.1, 0.15) is 12.4 Å². The molecule has 1 saturated heterocycles. The van der Waals surface area contributed by atoms with Gasteiger partial charge in [0.15, 0.2) is 0 Å². The molecule has 2 heterocycles. The van der Waals surface area contributed by atoms with Crippen LogP contribution in [0.25, 0.3) is 5.57 Å². The zero-order valence-corrected chi connectivity index (χ0v) is 22.3. The predicted molar refractivity (Wildman–Crippen MR) is 145 cm³/mol. The van der Waals surface area contributed by atoms with Crippen LogP contribution in [0.1, 0.15) is 28.7 Å². The van der Waals surface area contributed by atoms with Crippen molar-refractivity contribution in [1.29, 1.82) is 0 Å². The van der Waals surface area contributed by atoms with Crippen LogP contribution in [0.5, 0.6) is 5.75 Å². The lowest BCUT2D eigenvalue weighted by Crippen LogP contribution is -2.35. The molecule has 0 aliphatic carbocycles. The van der Waals surface area contributed by atoms with E-state index in [0.29, 0.717) is 31.6 Å².